The minimum absolute atomic E-state index is 0.0489. The summed E-state index contributed by atoms with van der Waals surface area (Å²) in [6.45, 7) is 6.06. The predicted molar refractivity (Wildman–Crippen MR) is 137 cm³/mol. The quantitative estimate of drug-likeness (QED) is 0.462. The fourth-order valence-electron chi connectivity index (χ4n) is 6.28. The third kappa shape index (κ3) is 4.53. The zero-order chi connectivity index (χ0) is 25.5. The molecule has 3 amide bonds. The van der Waals surface area contributed by atoms with E-state index >= 15 is 0 Å². The van der Waals surface area contributed by atoms with Gasteiger partial charge < -0.3 is 25.2 Å². The summed E-state index contributed by atoms with van der Waals surface area (Å²) in [5, 5.41) is 30.0. The molecule has 2 fully saturated rings. The molecule has 10 nitrogen and oxygen atoms in total. The van der Waals surface area contributed by atoms with Crippen LogP contribution in [0.3, 0.4) is 0 Å². The highest BCUT2D eigenvalue weighted by Gasteiger charge is 2.59. The number of rotatable bonds is 5. The van der Waals surface area contributed by atoms with Gasteiger partial charge in [-0.2, -0.15) is 0 Å². The number of nitrogens with one attached hydrogen (secondary N) is 2. The van der Waals surface area contributed by atoms with Gasteiger partial charge in [0, 0.05) is 47.3 Å². The first-order valence-electron chi connectivity index (χ1n) is 12.4. The smallest absolute Gasteiger partial charge is 0.323 e. The molecule has 1 saturated carbocycles. The van der Waals surface area contributed by atoms with Crippen molar-refractivity contribution >= 4 is 44.9 Å². The molecule has 2 aromatic heterocycles. The van der Waals surface area contributed by atoms with Gasteiger partial charge in [-0.3, -0.25) is 10.1 Å². The van der Waals surface area contributed by atoms with Crippen molar-refractivity contribution in [3.8, 4) is 0 Å². The van der Waals surface area contributed by atoms with Crippen LogP contribution in [0.4, 0.5) is 15.1 Å². The van der Waals surface area contributed by atoms with Crippen LogP contribution < -0.4 is 10.6 Å². The molecule has 0 bridgehead atoms. The summed E-state index contributed by atoms with van der Waals surface area (Å²) in [7, 11) is 0. The van der Waals surface area contributed by atoms with Gasteiger partial charge in [-0.05, 0) is 30.6 Å². The zero-order valence-corrected chi connectivity index (χ0v) is 22.2. The number of thiazole rings is 2. The Morgan fingerprint density at radius 2 is 2.03 bits per heavy atom. The fraction of sp³-hybridized carbons (Fsp3) is 0.667. The average Bonchev–Trinajstić information content (AvgIpc) is 3.53. The molecule has 0 spiro atoms. The first-order chi connectivity index (χ1) is 17.2. The van der Waals surface area contributed by atoms with E-state index in [-0.39, 0.29) is 42.2 Å². The Labute approximate surface area is 218 Å². The Hall–Kier alpha value is -2.12. The van der Waals surface area contributed by atoms with Gasteiger partial charge in [0.05, 0.1) is 31.6 Å². The van der Waals surface area contributed by atoms with E-state index in [4.69, 9.17) is 9.72 Å². The van der Waals surface area contributed by atoms with Crippen LogP contribution in [0.25, 0.3) is 0 Å². The Kier molecular flexibility index (Phi) is 7.07. The molecule has 1 saturated heterocycles. The number of aromatic nitrogens is 2. The lowest BCUT2D eigenvalue weighted by Crippen LogP contribution is -2.57. The molecule has 12 heteroatoms. The normalized spacial score (nSPS) is 31.9. The van der Waals surface area contributed by atoms with E-state index in [1.165, 1.54) is 22.7 Å². The van der Waals surface area contributed by atoms with Crippen molar-refractivity contribution < 1.29 is 24.5 Å². The summed E-state index contributed by atoms with van der Waals surface area (Å²) in [5.41, 5.74) is -0.221. The van der Waals surface area contributed by atoms with Crippen molar-refractivity contribution in [2.24, 2.45) is 16.7 Å². The topological polar surface area (TPSA) is 137 Å². The maximum atomic E-state index is 13.1. The van der Waals surface area contributed by atoms with E-state index < -0.39 is 11.5 Å². The van der Waals surface area contributed by atoms with Gasteiger partial charge in [0.2, 0.25) is 5.91 Å². The summed E-state index contributed by atoms with van der Waals surface area (Å²) in [6.07, 6.45) is 3.13. The van der Waals surface area contributed by atoms with Crippen LogP contribution in [0.2, 0.25) is 0 Å². The second kappa shape index (κ2) is 9.97. The van der Waals surface area contributed by atoms with Gasteiger partial charge in [0.15, 0.2) is 10.3 Å². The number of aliphatic hydroxyl groups is 2. The Balaban J connectivity index is 1.46. The van der Waals surface area contributed by atoms with Crippen LogP contribution in [0.1, 0.15) is 49.6 Å². The van der Waals surface area contributed by atoms with E-state index in [2.05, 4.69) is 22.5 Å². The van der Waals surface area contributed by atoms with E-state index in [1.807, 2.05) is 12.3 Å². The summed E-state index contributed by atoms with van der Waals surface area (Å²) >= 11 is 2.79. The molecule has 3 heterocycles. The molecule has 0 radical (unpaired) electrons. The fourth-order valence-corrected chi connectivity index (χ4v) is 7.88. The molecule has 3 aliphatic rings. The van der Waals surface area contributed by atoms with Crippen molar-refractivity contribution in [1.29, 1.82) is 0 Å². The van der Waals surface area contributed by atoms with Crippen LogP contribution in [0.15, 0.2) is 11.6 Å². The van der Waals surface area contributed by atoms with Gasteiger partial charge in [0.25, 0.3) is 0 Å². The summed E-state index contributed by atoms with van der Waals surface area (Å²) in [6, 6.07) is -0.207. The number of morpholine rings is 1. The number of hydrogen-bond acceptors (Lipinski definition) is 9. The molecule has 1 aliphatic heterocycles. The Morgan fingerprint density at radius 3 is 2.72 bits per heavy atom. The number of nitrogens with zero attached hydrogens (tertiary/aromatic N) is 3. The molecule has 5 rings (SSSR count). The second-order valence-corrected chi connectivity index (χ2v) is 12.5. The number of anilines is 2. The number of carbonyl (C=O) groups excluding carboxylic acids is 2. The first-order valence-corrected chi connectivity index (χ1v) is 14.1. The maximum absolute atomic E-state index is 13.1. The van der Waals surface area contributed by atoms with E-state index in [0.717, 1.165) is 17.0 Å². The standard InChI is InChI=1S/C24H33N5O5S2/c1-23-4-3-17(31)24(2,13-30)16(23)12-15-19(14(23)11-18(32)26-20-25-5-10-35-20)27-21(36-15)28-22(33)29-6-8-34-9-7-29/h5,10,14,16-17,30-31H,3-4,6-9,11-13H2,1-2H3,(H,25,26,32)(H,27,28,33). The monoisotopic (exact) mass is 535 g/mol. The number of amides is 3. The van der Waals surface area contributed by atoms with E-state index in [9.17, 15) is 19.8 Å². The molecule has 5 unspecified atom stereocenters. The van der Waals surface area contributed by atoms with Crippen LogP contribution in [0.5, 0.6) is 0 Å². The van der Waals surface area contributed by atoms with Crippen molar-refractivity contribution in [2.75, 3.05) is 43.5 Å². The summed E-state index contributed by atoms with van der Waals surface area (Å²) < 4.78 is 5.34. The first kappa shape index (κ1) is 25.5. The number of carbonyl (C=O) groups is 2. The lowest BCUT2D eigenvalue weighted by molar-refractivity contribution is -0.143. The van der Waals surface area contributed by atoms with Crippen LogP contribution in [-0.2, 0) is 16.0 Å². The highest BCUT2D eigenvalue weighted by atomic mass is 32.1. The second-order valence-electron chi connectivity index (χ2n) is 10.5. The molecule has 0 aromatic carbocycles. The summed E-state index contributed by atoms with van der Waals surface area (Å²) in [4.78, 5) is 37.7. The number of aliphatic hydroxyl groups excluding tert-OH is 2. The number of urea groups is 1. The molecular weight excluding hydrogens is 502 g/mol. The largest absolute Gasteiger partial charge is 0.396 e. The molecular formula is C24H33N5O5S2. The molecule has 2 aromatic rings. The van der Waals surface area contributed by atoms with Gasteiger partial charge in [-0.1, -0.05) is 13.8 Å². The van der Waals surface area contributed by atoms with E-state index in [1.54, 1.807) is 11.1 Å². The highest BCUT2D eigenvalue weighted by molar-refractivity contribution is 7.16. The minimum Gasteiger partial charge on any atom is -0.396 e. The molecule has 5 atom stereocenters. The minimum atomic E-state index is -0.698. The van der Waals surface area contributed by atoms with Gasteiger partial charge in [0.1, 0.15) is 0 Å². The molecule has 196 valence electrons. The van der Waals surface area contributed by atoms with Crippen LogP contribution >= 0.6 is 22.7 Å². The van der Waals surface area contributed by atoms with Crippen molar-refractivity contribution in [2.45, 2.75) is 51.6 Å². The lowest BCUT2D eigenvalue weighted by Gasteiger charge is -2.58. The highest BCUT2D eigenvalue weighted by Crippen LogP contribution is 2.62. The number of hydrogen-bond donors (Lipinski definition) is 4. The predicted octanol–water partition coefficient (Wildman–Crippen LogP) is 2.91. The Bertz CT molecular complexity index is 1100. The van der Waals surface area contributed by atoms with E-state index in [0.29, 0.717) is 49.4 Å². The van der Waals surface area contributed by atoms with Gasteiger partial charge >= 0.3 is 6.03 Å². The third-order valence-electron chi connectivity index (χ3n) is 8.47. The number of fused-ring (bicyclic) bond motifs is 2. The zero-order valence-electron chi connectivity index (χ0n) is 20.5. The van der Waals surface area contributed by atoms with Crippen LogP contribution in [-0.4, -0.2) is 76.0 Å². The van der Waals surface area contributed by atoms with Gasteiger partial charge in [-0.15, -0.1) is 22.7 Å². The summed E-state index contributed by atoms with van der Waals surface area (Å²) in [5.74, 6) is -0.423. The van der Waals surface area contributed by atoms with Crippen LogP contribution in [0, 0.1) is 16.7 Å². The molecule has 36 heavy (non-hydrogen) atoms. The maximum Gasteiger partial charge on any atom is 0.323 e. The SMILES string of the molecule is CC1(CO)C(O)CCC2(C)C(CC(=O)Nc3nccs3)c3nc(NC(=O)N4CCOCC4)sc3CC12. The van der Waals surface area contributed by atoms with Gasteiger partial charge in [-0.25, -0.2) is 14.8 Å². The number of ether oxygens (including phenoxy) is 1. The lowest BCUT2D eigenvalue weighted by atomic mass is 9.47. The third-order valence-corrected chi connectivity index (χ3v) is 10.2. The molecule has 4 N–H and O–H groups in total. The van der Waals surface area contributed by atoms with Crippen molar-refractivity contribution in [1.82, 2.24) is 14.9 Å². The average molecular weight is 536 g/mol. The molecule has 2 aliphatic carbocycles. The van der Waals surface area contributed by atoms with Crippen molar-refractivity contribution in [3.63, 3.8) is 0 Å². The van der Waals surface area contributed by atoms with Crippen molar-refractivity contribution in [3.05, 3.63) is 22.1 Å². The Morgan fingerprint density at radius 1 is 1.25 bits per heavy atom.